The van der Waals surface area contributed by atoms with Gasteiger partial charge in [0.05, 0.1) is 10.1 Å². The zero-order chi connectivity index (χ0) is 13.1. The molecule has 0 fully saturated rings. The van der Waals surface area contributed by atoms with Crippen LogP contribution >= 0.6 is 0 Å². The molecular weight excluding hydrogens is 232 g/mol. The van der Waals surface area contributed by atoms with Gasteiger partial charge in [-0.1, -0.05) is 25.1 Å². The highest BCUT2D eigenvalue weighted by Crippen LogP contribution is 2.25. The number of hydrogen-bond donors (Lipinski definition) is 0. The molecule has 1 rings (SSSR count). The molecule has 17 heavy (non-hydrogen) atoms. The van der Waals surface area contributed by atoms with Gasteiger partial charge < -0.3 is 0 Å². The molecule has 0 heterocycles. The highest BCUT2D eigenvalue weighted by Gasteiger charge is 2.24. The summed E-state index contributed by atoms with van der Waals surface area (Å²) in [5, 5.41) is -0.340. The Labute approximate surface area is 104 Å². The van der Waals surface area contributed by atoms with Crippen molar-refractivity contribution >= 4 is 9.84 Å². The van der Waals surface area contributed by atoms with E-state index in [1.54, 1.807) is 25.1 Å². The Morgan fingerprint density at radius 3 is 2.59 bits per heavy atom. The molecule has 0 spiro atoms. The molecule has 0 aliphatic carbocycles. The summed E-state index contributed by atoms with van der Waals surface area (Å²) >= 11 is 0. The molecule has 0 aliphatic heterocycles. The fraction of sp³-hybridized carbons (Fsp3) is 0.429. The molecular formula is C14H20O2S. The first-order chi connectivity index (χ1) is 7.95. The van der Waals surface area contributed by atoms with E-state index in [0.29, 0.717) is 17.7 Å². The molecule has 0 radical (unpaired) electrons. The first-order valence-corrected chi connectivity index (χ1v) is 7.43. The maximum atomic E-state index is 12.4. The van der Waals surface area contributed by atoms with Gasteiger partial charge in [-0.15, -0.1) is 6.58 Å². The summed E-state index contributed by atoms with van der Waals surface area (Å²) in [7, 11) is -3.21. The van der Waals surface area contributed by atoms with Crippen molar-refractivity contribution < 1.29 is 8.42 Å². The smallest absolute Gasteiger partial charge is 0.181 e. The third-order valence-electron chi connectivity index (χ3n) is 3.13. The van der Waals surface area contributed by atoms with Crippen LogP contribution in [0.4, 0.5) is 0 Å². The van der Waals surface area contributed by atoms with Crippen LogP contribution in [0.2, 0.25) is 0 Å². The van der Waals surface area contributed by atoms with Crippen LogP contribution in [0, 0.1) is 6.92 Å². The summed E-state index contributed by atoms with van der Waals surface area (Å²) in [5.41, 5.74) is 1.89. The number of sulfone groups is 1. The van der Waals surface area contributed by atoms with Crippen LogP contribution < -0.4 is 0 Å². The van der Waals surface area contributed by atoms with E-state index in [0.717, 1.165) is 11.1 Å². The average Bonchev–Trinajstić information content (AvgIpc) is 2.30. The molecule has 1 unspecified atom stereocenters. The number of rotatable bonds is 5. The molecule has 2 nitrogen and oxygen atoms in total. The van der Waals surface area contributed by atoms with E-state index >= 15 is 0 Å². The van der Waals surface area contributed by atoms with Gasteiger partial charge in [-0.25, -0.2) is 8.42 Å². The van der Waals surface area contributed by atoms with Crippen LogP contribution in [0.25, 0.3) is 0 Å². The lowest BCUT2D eigenvalue weighted by molar-refractivity contribution is 0.580. The summed E-state index contributed by atoms with van der Waals surface area (Å²) in [5.74, 6) is 0. The number of aryl methyl sites for hydroxylation is 1. The summed E-state index contributed by atoms with van der Waals surface area (Å²) < 4.78 is 24.8. The largest absolute Gasteiger partial charge is 0.223 e. The fourth-order valence-corrected chi connectivity index (χ4v) is 3.51. The Kier molecular flexibility index (Phi) is 4.52. The van der Waals surface area contributed by atoms with Crippen molar-refractivity contribution in [2.24, 2.45) is 0 Å². The van der Waals surface area contributed by atoms with Gasteiger partial charge in [0.25, 0.3) is 0 Å². The molecule has 0 bridgehead atoms. The lowest BCUT2D eigenvalue weighted by atomic mass is 10.1. The minimum absolute atomic E-state index is 0.340. The Morgan fingerprint density at radius 2 is 2.06 bits per heavy atom. The fourth-order valence-electron chi connectivity index (χ4n) is 1.78. The van der Waals surface area contributed by atoms with Crippen LogP contribution in [-0.2, 0) is 16.3 Å². The standard InChI is InChI=1S/C14H20O2S/c1-5-8-13-11(3)9-7-10-14(13)17(15,16)12(4)6-2/h5,7,9-10,12H,1,6,8H2,2-4H3. The van der Waals surface area contributed by atoms with Crippen molar-refractivity contribution in [1.82, 2.24) is 0 Å². The van der Waals surface area contributed by atoms with Gasteiger partial charge in [-0.2, -0.15) is 0 Å². The van der Waals surface area contributed by atoms with Crippen molar-refractivity contribution in [3.8, 4) is 0 Å². The molecule has 0 saturated heterocycles. The van der Waals surface area contributed by atoms with Gasteiger partial charge in [0, 0.05) is 0 Å². The van der Waals surface area contributed by atoms with Crippen molar-refractivity contribution in [2.75, 3.05) is 0 Å². The maximum absolute atomic E-state index is 12.4. The zero-order valence-corrected chi connectivity index (χ0v) is 11.5. The van der Waals surface area contributed by atoms with Gasteiger partial charge in [0.15, 0.2) is 9.84 Å². The molecule has 0 aromatic heterocycles. The molecule has 0 aliphatic rings. The minimum Gasteiger partial charge on any atom is -0.223 e. The van der Waals surface area contributed by atoms with Gasteiger partial charge in [-0.3, -0.25) is 0 Å². The van der Waals surface area contributed by atoms with Crippen LogP contribution in [0.15, 0.2) is 35.7 Å². The lowest BCUT2D eigenvalue weighted by Crippen LogP contribution is -2.18. The second kappa shape index (κ2) is 5.50. The van der Waals surface area contributed by atoms with Crippen LogP contribution in [0.1, 0.15) is 31.4 Å². The first kappa shape index (κ1) is 14.0. The minimum atomic E-state index is -3.21. The molecule has 94 valence electrons. The predicted molar refractivity (Wildman–Crippen MR) is 72.0 cm³/mol. The highest BCUT2D eigenvalue weighted by atomic mass is 32.2. The summed E-state index contributed by atoms with van der Waals surface area (Å²) in [6.07, 6.45) is 2.97. The van der Waals surface area contributed by atoms with Crippen molar-refractivity contribution in [3.05, 3.63) is 42.0 Å². The second-order valence-electron chi connectivity index (χ2n) is 4.31. The number of hydrogen-bond acceptors (Lipinski definition) is 2. The van der Waals surface area contributed by atoms with Gasteiger partial charge in [-0.05, 0) is 43.9 Å². The van der Waals surface area contributed by atoms with E-state index in [1.807, 2.05) is 19.9 Å². The number of allylic oxidation sites excluding steroid dienone is 1. The molecule has 3 heteroatoms. The van der Waals surface area contributed by atoms with Gasteiger partial charge >= 0.3 is 0 Å². The molecule has 1 atom stereocenters. The quantitative estimate of drug-likeness (QED) is 0.753. The first-order valence-electron chi connectivity index (χ1n) is 5.88. The second-order valence-corrected chi connectivity index (χ2v) is 6.64. The number of benzene rings is 1. The highest BCUT2D eigenvalue weighted by molar-refractivity contribution is 7.92. The molecule has 0 N–H and O–H groups in total. The molecule has 0 saturated carbocycles. The van der Waals surface area contributed by atoms with E-state index in [4.69, 9.17) is 0 Å². The zero-order valence-electron chi connectivity index (χ0n) is 10.7. The Balaban J connectivity index is 3.41. The monoisotopic (exact) mass is 252 g/mol. The van der Waals surface area contributed by atoms with Crippen LogP contribution in [0.3, 0.4) is 0 Å². The Hall–Kier alpha value is -1.09. The lowest BCUT2D eigenvalue weighted by Gasteiger charge is -2.15. The van der Waals surface area contributed by atoms with Crippen molar-refractivity contribution in [3.63, 3.8) is 0 Å². The predicted octanol–water partition coefficient (Wildman–Crippen LogP) is 3.30. The Bertz CT molecular complexity index is 501. The van der Waals surface area contributed by atoms with E-state index in [9.17, 15) is 8.42 Å². The van der Waals surface area contributed by atoms with Gasteiger partial charge in [0.2, 0.25) is 0 Å². The van der Waals surface area contributed by atoms with E-state index in [2.05, 4.69) is 6.58 Å². The summed E-state index contributed by atoms with van der Waals surface area (Å²) in [4.78, 5) is 0.465. The third kappa shape index (κ3) is 2.78. The molecule has 0 amide bonds. The summed E-state index contributed by atoms with van der Waals surface area (Å²) in [6, 6.07) is 5.44. The van der Waals surface area contributed by atoms with Gasteiger partial charge in [0.1, 0.15) is 0 Å². The van der Waals surface area contributed by atoms with Crippen LogP contribution in [-0.4, -0.2) is 13.7 Å². The molecule has 1 aromatic carbocycles. The van der Waals surface area contributed by atoms with Crippen molar-refractivity contribution in [2.45, 2.75) is 43.8 Å². The SMILES string of the molecule is C=CCc1c(C)cccc1S(=O)(=O)C(C)CC. The van der Waals surface area contributed by atoms with E-state index < -0.39 is 9.84 Å². The van der Waals surface area contributed by atoms with Crippen LogP contribution in [0.5, 0.6) is 0 Å². The Morgan fingerprint density at radius 1 is 1.41 bits per heavy atom. The normalized spacial score (nSPS) is 13.4. The van der Waals surface area contributed by atoms with Crippen molar-refractivity contribution in [1.29, 1.82) is 0 Å². The maximum Gasteiger partial charge on any atom is 0.181 e. The third-order valence-corrected chi connectivity index (χ3v) is 5.52. The average molecular weight is 252 g/mol. The topological polar surface area (TPSA) is 34.1 Å². The summed E-state index contributed by atoms with van der Waals surface area (Å²) in [6.45, 7) is 9.28. The molecule has 1 aromatic rings. The van der Waals surface area contributed by atoms with E-state index in [-0.39, 0.29) is 5.25 Å². The van der Waals surface area contributed by atoms with E-state index in [1.165, 1.54) is 0 Å².